The third-order valence-electron chi connectivity index (χ3n) is 1.73. The molecule has 1 nitrogen and oxygen atoms in total. The van der Waals surface area contributed by atoms with E-state index in [1.807, 2.05) is 0 Å². The van der Waals surface area contributed by atoms with E-state index >= 15 is 0 Å². The van der Waals surface area contributed by atoms with Crippen LogP contribution in [0.1, 0.15) is 39.5 Å². The minimum absolute atomic E-state index is 0. The van der Waals surface area contributed by atoms with Gasteiger partial charge in [-0.2, -0.15) is 0 Å². The SMILES string of the molecule is CCCC(CN)CCC.Cl.Cl. The monoisotopic (exact) mass is 201 g/mol. The third kappa shape index (κ3) is 10.5. The van der Waals surface area contributed by atoms with Crippen LogP contribution in [0.3, 0.4) is 0 Å². The van der Waals surface area contributed by atoms with E-state index < -0.39 is 0 Å². The fraction of sp³-hybridized carbons (Fsp3) is 1.00. The maximum atomic E-state index is 5.54. The molecule has 0 saturated heterocycles. The van der Waals surface area contributed by atoms with E-state index in [1.54, 1.807) is 0 Å². The van der Waals surface area contributed by atoms with E-state index in [-0.39, 0.29) is 24.8 Å². The fourth-order valence-corrected chi connectivity index (χ4v) is 1.20. The van der Waals surface area contributed by atoms with E-state index in [9.17, 15) is 0 Å². The molecule has 72 valence electrons. The van der Waals surface area contributed by atoms with Crippen LogP contribution in [0.25, 0.3) is 0 Å². The van der Waals surface area contributed by atoms with Crippen molar-refractivity contribution in [2.75, 3.05) is 6.54 Å². The summed E-state index contributed by atoms with van der Waals surface area (Å²) in [5, 5.41) is 0. The van der Waals surface area contributed by atoms with Crippen LogP contribution in [0.4, 0.5) is 0 Å². The Labute approximate surface area is 82.9 Å². The molecule has 0 aromatic rings. The van der Waals surface area contributed by atoms with Crippen LogP contribution >= 0.6 is 24.8 Å². The first kappa shape index (κ1) is 17.6. The average Bonchev–Trinajstić information content (AvgIpc) is 1.88. The lowest BCUT2D eigenvalue weighted by atomic mass is 9.99. The second-order valence-electron chi connectivity index (χ2n) is 2.68. The number of hydrogen-bond donors (Lipinski definition) is 1. The first-order chi connectivity index (χ1) is 4.35. The molecular weight excluding hydrogens is 181 g/mol. The largest absolute Gasteiger partial charge is 0.330 e. The van der Waals surface area contributed by atoms with Gasteiger partial charge in [-0.1, -0.05) is 26.7 Å². The molecule has 0 rings (SSSR count). The van der Waals surface area contributed by atoms with Crippen molar-refractivity contribution in [2.24, 2.45) is 11.7 Å². The van der Waals surface area contributed by atoms with Gasteiger partial charge in [0.15, 0.2) is 0 Å². The lowest BCUT2D eigenvalue weighted by Gasteiger charge is -2.10. The third-order valence-corrected chi connectivity index (χ3v) is 1.73. The van der Waals surface area contributed by atoms with Gasteiger partial charge in [0.25, 0.3) is 0 Å². The van der Waals surface area contributed by atoms with Gasteiger partial charge in [0.2, 0.25) is 0 Å². The fourth-order valence-electron chi connectivity index (χ4n) is 1.20. The molecule has 2 N–H and O–H groups in total. The Bertz CT molecular complexity index is 54.1. The molecule has 11 heavy (non-hydrogen) atoms. The van der Waals surface area contributed by atoms with Gasteiger partial charge in [-0.15, -0.1) is 24.8 Å². The Morgan fingerprint density at radius 1 is 1.00 bits per heavy atom. The number of rotatable bonds is 5. The molecule has 0 saturated carbocycles. The summed E-state index contributed by atoms with van der Waals surface area (Å²) < 4.78 is 0. The van der Waals surface area contributed by atoms with Crippen LogP contribution in [-0.4, -0.2) is 6.54 Å². The van der Waals surface area contributed by atoms with Crippen LogP contribution in [0.2, 0.25) is 0 Å². The predicted molar refractivity (Wildman–Crippen MR) is 56.9 cm³/mol. The Morgan fingerprint density at radius 2 is 1.36 bits per heavy atom. The Morgan fingerprint density at radius 3 is 1.55 bits per heavy atom. The lowest BCUT2D eigenvalue weighted by molar-refractivity contribution is 0.450. The molecule has 3 heteroatoms. The average molecular weight is 202 g/mol. The Balaban J connectivity index is -0.000000320. The van der Waals surface area contributed by atoms with E-state index in [0.717, 1.165) is 12.5 Å². The molecule has 0 fully saturated rings. The smallest absolute Gasteiger partial charge is 0.00489 e. The van der Waals surface area contributed by atoms with Gasteiger partial charge < -0.3 is 5.73 Å². The number of nitrogens with two attached hydrogens (primary N) is 1. The zero-order valence-electron chi connectivity index (χ0n) is 7.51. The zero-order valence-corrected chi connectivity index (χ0v) is 9.14. The zero-order chi connectivity index (χ0) is 7.11. The summed E-state index contributed by atoms with van der Waals surface area (Å²) in [6.45, 7) is 5.32. The second-order valence-corrected chi connectivity index (χ2v) is 2.68. The normalized spacial score (nSPS) is 8.73. The summed E-state index contributed by atoms with van der Waals surface area (Å²) in [5.41, 5.74) is 5.54. The molecule has 0 amide bonds. The van der Waals surface area contributed by atoms with Crippen molar-refractivity contribution in [2.45, 2.75) is 39.5 Å². The summed E-state index contributed by atoms with van der Waals surface area (Å²) in [6, 6.07) is 0. The molecule has 0 aromatic heterocycles. The molecule has 0 aromatic carbocycles. The highest BCUT2D eigenvalue weighted by Gasteiger charge is 2.01. The van der Waals surface area contributed by atoms with E-state index in [0.29, 0.717) is 0 Å². The Hall–Kier alpha value is 0.540. The van der Waals surface area contributed by atoms with Gasteiger partial charge >= 0.3 is 0 Å². The van der Waals surface area contributed by atoms with Crippen LogP contribution in [0, 0.1) is 5.92 Å². The molecular formula is C8H21Cl2N. The number of halogens is 2. The van der Waals surface area contributed by atoms with E-state index in [1.165, 1.54) is 25.7 Å². The molecule has 0 unspecified atom stereocenters. The molecule has 0 aliphatic heterocycles. The highest BCUT2D eigenvalue weighted by atomic mass is 35.5. The maximum Gasteiger partial charge on any atom is -0.00489 e. The maximum absolute atomic E-state index is 5.54. The van der Waals surface area contributed by atoms with Crippen LogP contribution in [0.5, 0.6) is 0 Å². The van der Waals surface area contributed by atoms with Gasteiger partial charge in [0.1, 0.15) is 0 Å². The minimum Gasteiger partial charge on any atom is -0.330 e. The van der Waals surface area contributed by atoms with Gasteiger partial charge in [0, 0.05) is 0 Å². The van der Waals surface area contributed by atoms with Crippen molar-refractivity contribution in [3.8, 4) is 0 Å². The lowest BCUT2D eigenvalue weighted by Crippen LogP contribution is -2.13. The van der Waals surface area contributed by atoms with Gasteiger partial charge in [-0.05, 0) is 25.3 Å². The molecule has 0 bridgehead atoms. The summed E-state index contributed by atoms with van der Waals surface area (Å²) >= 11 is 0. The highest BCUT2D eigenvalue weighted by molar-refractivity contribution is 5.85. The minimum atomic E-state index is 0. The van der Waals surface area contributed by atoms with Crippen molar-refractivity contribution in [3.05, 3.63) is 0 Å². The van der Waals surface area contributed by atoms with Crippen molar-refractivity contribution in [3.63, 3.8) is 0 Å². The van der Waals surface area contributed by atoms with E-state index in [2.05, 4.69) is 13.8 Å². The van der Waals surface area contributed by atoms with Gasteiger partial charge in [-0.3, -0.25) is 0 Å². The molecule has 0 radical (unpaired) electrons. The summed E-state index contributed by atoms with van der Waals surface area (Å²) in [6.07, 6.45) is 5.18. The molecule has 0 atom stereocenters. The van der Waals surface area contributed by atoms with E-state index in [4.69, 9.17) is 5.73 Å². The number of hydrogen-bond acceptors (Lipinski definition) is 1. The van der Waals surface area contributed by atoms with Crippen LogP contribution in [0.15, 0.2) is 0 Å². The first-order valence-electron chi connectivity index (χ1n) is 4.05. The molecule has 0 spiro atoms. The Kier molecular flexibility index (Phi) is 21.0. The van der Waals surface area contributed by atoms with Gasteiger partial charge in [0.05, 0.1) is 0 Å². The second kappa shape index (κ2) is 13.2. The molecule has 0 heterocycles. The van der Waals surface area contributed by atoms with Crippen LogP contribution in [-0.2, 0) is 0 Å². The van der Waals surface area contributed by atoms with Crippen LogP contribution < -0.4 is 5.73 Å². The van der Waals surface area contributed by atoms with Crippen molar-refractivity contribution >= 4 is 24.8 Å². The topological polar surface area (TPSA) is 26.0 Å². The van der Waals surface area contributed by atoms with Crippen molar-refractivity contribution < 1.29 is 0 Å². The predicted octanol–water partition coefficient (Wildman–Crippen LogP) is 3.01. The van der Waals surface area contributed by atoms with Crippen molar-refractivity contribution in [1.29, 1.82) is 0 Å². The summed E-state index contributed by atoms with van der Waals surface area (Å²) in [5.74, 6) is 0.792. The quantitative estimate of drug-likeness (QED) is 0.728. The summed E-state index contributed by atoms with van der Waals surface area (Å²) in [4.78, 5) is 0. The van der Waals surface area contributed by atoms with Crippen molar-refractivity contribution in [1.82, 2.24) is 0 Å². The molecule has 0 aliphatic carbocycles. The van der Waals surface area contributed by atoms with Gasteiger partial charge in [-0.25, -0.2) is 0 Å². The standard InChI is InChI=1S/C8H19N.2ClH/c1-3-5-8(7-9)6-4-2;;/h8H,3-7,9H2,1-2H3;2*1H. The highest BCUT2D eigenvalue weighted by Crippen LogP contribution is 2.10. The summed E-state index contributed by atoms with van der Waals surface area (Å²) in [7, 11) is 0. The first-order valence-corrected chi connectivity index (χ1v) is 4.05. The molecule has 0 aliphatic rings.